The van der Waals surface area contributed by atoms with E-state index in [4.69, 9.17) is 9.47 Å². The number of rotatable bonds is 7. The average Bonchev–Trinajstić information content (AvgIpc) is 2.77. The molecular formula is C23H20N4O2. The zero-order valence-electron chi connectivity index (χ0n) is 15.9. The van der Waals surface area contributed by atoms with Crippen LogP contribution >= 0.6 is 0 Å². The van der Waals surface area contributed by atoms with E-state index in [1.807, 2.05) is 78.9 Å². The lowest BCUT2D eigenvalue weighted by Gasteiger charge is -2.13. The highest BCUT2D eigenvalue weighted by Gasteiger charge is 2.08. The van der Waals surface area contributed by atoms with Crippen molar-refractivity contribution in [1.29, 1.82) is 0 Å². The molecule has 1 aromatic heterocycles. The summed E-state index contributed by atoms with van der Waals surface area (Å²) >= 11 is 0. The second-order valence-electron chi connectivity index (χ2n) is 6.13. The molecule has 6 heteroatoms. The quantitative estimate of drug-likeness (QED) is 0.422. The largest absolute Gasteiger partial charge is 0.495 e. The zero-order valence-corrected chi connectivity index (χ0v) is 15.9. The fourth-order valence-corrected chi connectivity index (χ4v) is 2.77. The van der Waals surface area contributed by atoms with Gasteiger partial charge in [0.1, 0.15) is 17.3 Å². The summed E-state index contributed by atoms with van der Waals surface area (Å²) in [6.45, 7) is 0. The molecule has 0 fully saturated rings. The molecule has 4 aromatic rings. The third-order valence-electron chi connectivity index (χ3n) is 4.13. The van der Waals surface area contributed by atoms with Gasteiger partial charge in [-0.15, -0.1) is 0 Å². The van der Waals surface area contributed by atoms with Crippen LogP contribution in [0.25, 0.3) is 0 Å². The molecule has 0 radical (unpaired) electrons. The zero-order chi connectivity index (χ0) is 19.9. The summed E-state index contributed by atoms with van der Waals surface area (Å²) in [4.78, 5) is 8.84. The topological polar surface area (TPSA) is 68.3 Å². The van der Waals surface area contributed by atoms with Crippen molar-refractivity contribution in [3.63, 3.8) is 0 Å². The molecule has 0 aliphatic carbocycles. The molecule has 0 spiro atoms. The van der Waals surface area contributed by atoms with Gasteiger partial charge in [-0.2, -0.15) is 4.98 Å². The first kappa shape index (κ1) is 18.3. The van der Waals surface area contributed by atoms with Crippen molar-refractivity contribution in [2.45, 2.75) is 0 Å². The number of anilines is 4. The van der Waals surface area contributed by atoms with Crippen molar-refractivity contribution in [2.24, 2.45) is 0 Å². The molecule has 0 saturated heterocycles. The van der Waals surface area contributed by atoms with Crippen LogP contribution < -0.4 is 20.1 Å². The van der Waals surface area contributed by atoms with Gasteiger partial charge in [-0.1, -0.05) is 42.5 Å². The Morgan fingerprint density at radius 3 is 2.10 bits per heavy atom. The Morgan fingerprint density at radius 2 is 1.34 bits per heavy atom. The number of aromatic nitrogens is 2. The number of para-hydroxylation sites is 5. The summed E-state index contributed by atoms with van der Waals surface area (Å²) in [5.41, 5.74) is 1.60. The molecule has 0 amide bonds. The lowest BCUT2D eigenvalue weighted by molar-refractivity contribution is 0.417. The third-order valence-corrected chi connectivity index (χ3v) is 4.13. The Kier molecular flexibility index (Phi) is 5.53. The first-order chi connectivity index (χ1) is 14.3. The van der Waals surface area contributed by atoms with E-state index in [0.717, 1.165) is 22.9 Å². The van der Waals surface area contributed by atoms with Crippen molar-refractivity contribution in [1.82, 2.24) is 9.97 Å². The van der Waals surface area contributed by atoms with Gasteiger partial charge < -0.3 is 20.1 Å². The monoisotopic (exact) mass is 384 g/mol. The van der Waals surface area contributed by atoms with Crippen LogP contribution in [0, 0.1) is 0 Å². The fraction of sp³-hybridized carbons (Fsp3) is 0.0435. The van der Waals surface area contributed by atoms with Gasteiger partial charge in [-0.05, 0) is 42.5 Å². The maximum Gasteiger partial charge on any atom is 0.229 e. The van der Waals surface area contributed by atoms with Crippen LogP contribution in [0.4, 0.5) is 23.1 Å². The van der Waals surface area contributed by atoms with Crippen LogP contribution in [0.2, 0.25) is 0 Å². The molecule has 144 valence electrons. The maximum absolute atomic E-state index is 6.00. The summed E-state index contributed by atoms with van der Waals surface area (Å²) in [6.07, 6.45) is 1.69. The SMILES string of the molecule is COc1ccccc1Nc1nccc(Nc2ccccc2Oc2ccccc2)n1. The summed E-state index contributed by atoms with van der Waals surface area (Å²) in [5.74, 6) is 3.29. The van der Waals surface area contributed by atoms with Crippen LogP contribution in [0.1, 0.15) is 0 Å². The minimum atomic E-state index is 0.459. The van der Waals surface area contributed by atoms with E-state index >= 15 is 0 Å². The Hall–Kier alpha value is -4.06. The van der Waals surface area contributed by atoms with Crippen LogP contribution in [-0.2, 0) is 0 Å². The van der Waals surface area contributed by atoms with Gasteiger partial charge in [0, 0.05) is 6.20 Å². The van der Waals surface area contributed by atoms with Crippen molar-refractivity contribution in [3.8, 4) is 17.2 Å². The van der Waals surface area contributed by atoms with E-state index in [1.165, 1.54) is 0 Å². The predicted octanol–water partition coefficient (Wildman–Crippen LogP) is 5.76. The van der Waals surface area contributed by atoms with Gasteiger partial charge in [0.2, 0.25) is 5.95 Å². The van der Waals surface area contributed by atoms with E-state index in [1.54, 1.807) is 19.4 Å². The number of benzene rings is 3. The van der Waals surface area contributed by atoms with Gasteiger partial charge in [-0.3, -0.25) is 0 Å². The summed E-state index contributed by atoms with van der Waals surface area (Å²) in [7, 11) is 1.63. The van der Waals surface area contributed by atoms with Gasteiger partial charge in [0.15, 0.2) is 5.75 Å². The number of nitrogens with one attached hydrogen (secondary N) is 2. The van der Waals surface area contributed by atoms with Gasteiger partial charge in [-0.25, -0.2) is 4.98 Å². The Morgan fingerprint density at radius 1 is 0.690 bits per heavy atom. The van der Waals surface area contributed by atoms with E-state index in [-0.39, 0.29) is 0 Å². The third kappa shape index (κ3) is 4.62. The molecule has 2 N–H and O–H groups in total. The number of hydrogen-bond donors (Lipinski definition) is 2. The summed E-state index contributed by atoms with van der Waals surface area (Å²) in [6, 6.07) is 26.8. The van der Waals surface area contributed by atoms with E-state index < -0.39 is 0 Å². The first-order valence-corrected chi connectivity index (χ1v) is 9.14. The van der Waals surface area contributed by atoms with Crippen LogP contribution in [-0.4, -0.2) is 17.1 Å². The van der Waals surface area contributed by atoms with Gasteiger partial charge in [0.05, 0.1) is 18.5 Å². The highest BCUT2D eigenvalue weighted by Crippen LogP contribution is 2.31. The van der Waals surface area contributed by atoms with Gasteiger partial charge in [0.25, 0.3) is 0 Å². The maximum atomic E-state index is 6.00. The second-order valence-corrected chi connectivity index (χ2v) is 6.13. The molecule has 0 aliphatic heterocycles. The number of nitrogens with zero attached hydrogens (tertiary/aromatic N) is 2. The van der Waals surface area contributed by atoms with Crippen molar-refractivity contribution < 1.29 is 9.47 Å². The van der Waals surface area contributed by atoms with Crippen LogP contribution in [0.15, 0.2) is 91.1 Å². The molecule has 29 heavy (non-hydrogen) atoms. The average molecular weight is 384 g/mol. The number of hydrogen-bond acceptors (Lipinski definition) is 6. The highest BCUT2D eigenvalue weighted by atomic mass is 16.5. The first-order valence-electron chi connectivity index (χ1n) is 9.14. The molecule has 0 atom stereocenters. The van der Waals surface area contributed by atoms with Crippen molar-refractivity contribution in [2.75, 3.05) is 17.7 Å². The van der Waals surface area contributed by atoms with Crippen molar-refractivity contribution in [3.05, 3.63) is 91.1 Å². The summed E-state index contributed by atoms with van der Waals surface area (Å²) < 4.78 is 11.4. The van der Waals surface area contributed by atoms with Crippen molar-refractivity contribution >= 4 is 23.1 Å². The van der Waals surface area contributed by atoms with Crippen LogP contribution in [0.3, 0.4) is 0 Å². The van der Waals surface area contributed by atoms with Crippen LogP contribution in [0.5, 0.6) is 17.2 Å². The molecule has 0 bridgehead atoms. The molecular weight excluding hydrogens is 364 g/mol. The second kappa shape index (κ2) is 8.75. The molecule has 0 unspecified atom stereocenters. The van der Waals surface area contributed by atoms with E-state index in [2.05, 4.69) is 20.6 Å². The van der Waals surface area contributed by atoms with E-state index in [0.29, 0.717) is 17.5 Å². The number of methoxy groups -OCH3 is 1. The summed E-state index contributed by atoms with van der Waals surface area (Å²) in [5, 5.41) is 6.49. The lowest BCUT2D eigenvalue weighted by Crippen LogP contribution is -2.02. The predicted molar refractivity (Wildman–Crippen MR) is 115 cm³/mol. The Labute approximate surface area is 169 Å². The Balaban J connectivity index is 1.54. The number of ether oxygens (including phenoxy) is 2. The standard InChI is InChI=1S/C23H20N4O2/c1-28-20-13-7-5-11-18(20)26-23-24-16-15-22(27-23)25-19-12-6-8-14-21(19)29-17-9-3-2-4-10-17/h2-16H,1H3,(H2,24,25,26,27). The molecule has 0 saturated carbocycles. The molecule has 4 rings (SSSR count). The normalized spacial score (nSPS) is 10.2. The molecule has 0 aliphatic rings. The molecule has 3 aromatic carbocycles. The minimum absolute atomic E-state index is 0.459. The molecule has 6 nitrogen and oxygen atoms in total. The highest BCUT2D eigenvalue weighted by molar-refractivity contribution is 5.67. The minimum Gasteiger partial charge on any atom is -0.495 e. The molecule has 1 heterocycles. The fourth-order valence-electron chi connectivity index (χ4n) is 2.77. The van der Waals surface area contributed by atoms with E-state index in [9.17, 15) is 0 Å². The van der Waals surface area contributed by atoms with Gasteiger partial charge >= 0.3 is 0 Å². The Bertz CT molecular complexity index is 1090. The smallest absolute Gasteiger partial charge is 0.229 e. The lowest BCUT2D eigenvalue weighted by atomic mass is 10.3.